The number of furan rings is 1. The normalized spacial score (nSPS) is 11.9. The molecule has 1 atom stereocenters. The van der Waals surface area contributed by atoms with Crippen LogP contribution in [0.25, 0.3) is 0 Å². The van der Waals surface area contributed by atoms with E-state index < -0.39 is 0 Å². The SMILES string of the molecule is CCNc1ccc(C(=O)NC(C)c2ccco2)cc1. The molecule has 0 aliphatic heterocycles. The molecule has 4 heteroatoms. The second kappa shape index (κ2) is 6.09. The van der Waals surface area contributed by atoms with Gasteiger partial charge in [0.15, 0.2) is 0 Å². The average Bonchev–Trinajstić information content (AvgIpc) is 2.94. The first-order chi connectivity index (χ1) is 9.20. The van der Waals surface area contributed by atoms with Crippen LogP contribution < -0.4 is 10.6 Å². The Kier molecular flexibility index (Phi) is 4.23. The number of nitrogens with one attached hydrogen (secondary N) is 2. The summed E-state index contributed by atoms with van der Waals surface area (Å²) in [6.45, 7) is 4.79. The quantitative estimate of drug-likeness (QED) is 0.866. The Labute approximate surface area is 112 Å². The number of carbonyl (C=O) groups is 1. The molecule has 0 fully saturated rings. The Morgan fingerprint density at radius 1 is 1.26 bits per heavy atom. The van der Waals surface area contributed by atoms with Crippen molar-refractivity contribution in [1.29, 1.82) is 0 Å². The monoisotopic (exact) mass is 258 g/mol. The molecule has 2 aromatic rings. The summed E-state index contributed by atoms with van der Waals surface area (Å²) in [5.41, 5.74) is 1.65. The van der Waals surface area contributed by atoms with Crippen LogP contribution in [-0.2, 0) is 0 Å². The molecular weight excluding hydrogens is 240 g/mol. The van der Waals surface area contributed by atoms with E-state index in [0.717, 1.165) is 18.0 Å². The lowest BCUT2D eigenvalue weighted by molar-refractivity contribution is 0.0935. The summed E-state index contributed by atoms with van der Waals surface area (Å²) in [4.78, 5) is 12.0. The molecule has 100 valence electrons. The number of anilines is 1. The van der Waals surface area contributed by atoms with Gasteiger partial charge in [-0.15, -0.1) is 0 Å². The van der Waals surface area contributed by atoms with Crippen LogP contribution in [0.2, 0.25) is 0 Å². The third-order valence-electron chi connectivity index (χ3n) is 2.85. The van der Waals surface area contributed by atoms with Gasteiger partial charge in [0, 0.05) is 17.8 Å². The molecular formula is C15H18N2O2. The highest BCUT2D eigenvalue weighted by Crippen LogP contribution is 2.14. The molecule has 0 saturated carbocycles. The molecule has 1 heterocycles. The van der Waals surface area contributed by atoms with Crippen LogP contribution in [0.5, 0.6) is 0 Å². The molecule has 2 rings (SSSR count). The molecule has 0 saturated heterocycles. The molecule has 1 amide bonds. The van der Waals surface area contributed by atoms with Gasteiger partial charge in [-0.2, -0.15) is 0 Å². The van der Waals surface area contributed by atoms with E-state index in [2.05, 4.69) is 10.6 Å². The van der Waals surface area contributed by atoms with E-state index >= 15 is 0 Å². The molecule has 0 bridgehead atoms. The minimum Gasteiger partial charge on any atom is -0.467 e. The fourth-order valence-corrected chi connectivity index (χ4v) is 1.83. The minimum absolute atomic E-state index is 0.105. The second-order valence-electron chi connectivity index (χ2n) is 4.32. The van der Waals surface area contributed by atoms with Crippen LogP contribution in [-0.4, -0.2) is 12.5 Å². The molecule has 4 nitrogen and oxygen atoms in total. The molecule has 0 aliphatic carbocycles. The smallest absolute Gasteiger partial charge is 0.251 e. The average molecular weight is 258 g/mol. The van der Waals surface area contributed by atoms with Crippen LogP contribution in [0, 0.1) is 0 Å². The van der Waals surface area contributed by atoms with Gasteiger partial charge in [0.05, 0.1) is 12.3 Å². The van der Waals surface area contributed by atoms with Crippen LogP contribution >= 0.6 is 0 Å². The van der Waals surface area contributed by atoms with Crippen LogP contribution in [0.3, 0.4) is 0 Å². The Bertz CT molecular complexity index is 518. The highest BCUT2D eigenvalue weighted by atomic mass is 16.3. The van der Waals surface area contributed by atoms with Gasteiger partial charge >= 0.3 is 0 Å². The van der Waals surface area contributed by atoms with Gasteiger partial charge in [-0.25, -0.2) is 0 Å². The van der Waals surface area contributed by atoms with Gasteiger partial charge in [0.2, 0.25) is 0 Å². The van der Waals surface area contributed by atoms with Crippen molar-refractivity contribution in [3.63, 3.8) is 0 Å². The maximum absolute atomic E-state index is 12.0. The van der Waals surface area contributed by atoms with Gasteiger partial charge in [0.1, 0.15) is 5.76 Å². The fourth-order valence-electron chi connectivity index (χ4n) is 1.83. The topological polar surface area (TPSA) is 54.3 Å². The highest BCUT2D eigenvalue weighted by Gasteiger charge is 2.13. The van der Waals surface area contributed by atoms with Crippen LogP contribution in [0.15, 0.2) is 47.1 Å². The fraction of sp³-hybridized carbons (Fsp3) is 0.267. The summed E-state index contributed by atoms with van der Waals surface area (Å²) in [5, 5.41) is 6.09. The van der Waals surface area contributed by atoms with E-state index in [-0.39, 0.29) is 11.9 Å². The summed E-state index contributed by atoms with van der Waals surface area (Å²) < 4.78 is 5.26. The Morgan fingerprint density at radius 3 is 2.58 bits per heavy atom. The van der Waals surface area contributed by atoms with Crippen molar-refractivity contribution in [1.82, 2.24) is 5.32 Å². The third kappa shape index (κ3) is 3.37. The lowest BCUT2D eigenvalue weighted by Gasteiger charge is -2.11. The van der Waals surface area contributed by atoms with E-state index in [4.69, 9.17) is 4.42 Å². The zero-order valence-corrected chi connectivity index (χ0v) is 11.1. The van der Waals surface area contributed by atoms with Crippen molar-refractivity contribution >= 4 is 11.6 Å². The van der Waals surface area contributed by atoms with E-state index in [0.29, 0.717) is 5.56 Å². The molecule has 0 aliphatic rings. The van der Waals surface area contributed by atoms with E-state index in [9.17, 15) is 4.79 Å². The Balaban J connectivity index is 1.99. The summed E-state index contributed by atoms with van der Waals surface area (Å²) in [6.07, 6.45) is 1.60. The molecule has 1 aromatic heterocycles. The van der Waals surface area contributed by atoms with Gasteiger partial charge in [-0.3, -0.25) is 4.79 Å². The summed E-state index contributed by atoms with van der Waals surface area (Å²) in [5.74, 6) is 0.643. The van der Waals surface area contributed by atoms with Crippen molar-refractivity contribution < 1.29 is 9.21 Å². The van der Waals surface area contributed by atoms with Crippen molar-refractivity contribution in [3.8, 4) is 0 Å². The standard InChI is InChI=1S/C15H18N2O2/c1-3-16-13-8-6-12(7-9-13)15(18)17-11(2)14-5-4-10-19-14/h4-11,16H,3H2,1-2H3,(H,17,18). The molecule has 1 aromatic carbocycles. The van der Waals surface area contributed by atoms with Gasteiger partial charge in [0.25, 0.3) is 5.91 Å². The third-order valence-corrected chi connectivity index (χ3v) is 2.85. The first-order valence-electron chi connectivity index (χ1n) is 6.39. The number of benzene rings is 1. The first-order valence-corrected chi connectivity index (χ1v) is 6.39. The number of hydrogen-bond donors (Lipinski definition) is 2. The predicted molar refractivity (Wildman–Crippen MR) is 75.2 cm³/mol. The lowest BCUT2D eigenvalue weighted by Crippen LogP contribution is -2.26. The second-order valence-corrected chi connectivity index (χ2v) is 4.32. The maximum atomic E-state index is 12.0. The van der Waals surface area contributed by atoms with Gasteiger partial charge < -0.3 is 15.1 Å². The summed E-state index contributed by atoms with van der Waals surface area (Å²) in [6, 6.07) is 10.9. The van der Waals surface area contributed by atoms with E-state index in [1.54, 1.807) is 6.26 Å². The minimum atomic E-state index is -0.143. The summed E-state index contributed by atoms with van der Waals surface area (Å²) in [7, 11) is 0. The summed E-state index contributed by atoms with van der Waals surface area (Å²) >= 11 is 0. The molecule has 19 heavy (non-hydrogen) atoms. The largest absolute Gasteiger partial charge is 0.467 e. The van der Waals surface area contributed by atoms with Gasteiger partial charge in [-0.05, 0) is 50.2 Å². The number of carbonyl (C=O) groups excluding carboxylic acids is 1. The van der Waals surface area contributed by atoms with E-state index in [1.165, 1.54) is 0 Å². The maximum Gasteiger partial charge on any atom is 0.251 e. The van der Waals surface area contributed by atoms with Crippen molar-refractivity contribution in [2.45, 2.75) is 19.9 Å². The molecule has 2 N–H and O–H groups in total. The van der Waals surface area contributed by atoms with Crippen LogP contribution in [0.4, 0.5) is 5.69 Å². The predicted octanol–water partition coefficient (Wildman–Crippen LogP) is 3.20. The van der Waals surface area contributed by atoms with Crippen molar-refractivity contribution in [3.05, 3.63) is 54.0 Å². The lowest BCUT2D eigenvalue weighted by atomic mass is 10.1. The first kappa shape index (κ1) is 13.2. The molecule has 0 radical (unpaired) electrons. The Hall–Kier alpha value is -2.23. The molecule has 0 spiro atoms. The number of hydrogen-bond acceptors (Lipinski definition) is 3. The van der Waals surface area contributed by atoms with E-state index in [1.807, 2.05) is 50.2 Å². The van der Waals surface area contributed by atoms with Crippen LogP contribution in [0.1, 0.15) is 36.0 Å². The zero-order valence-electron chi connectivity index (χ0n) is 11.1. The number of amides is 1. The molecule has 1 unspecified atom stereocenters. The zero-order chi connectivity index (χ0) is 13.7. The number of rotatable bonds is 5. The van der Waals surface area contributed by atoms with Crippen molar-refractivity contribution in [2.24, 2.45) is 0 Å². The van der Waals surface area contributed by atoms with Gasteiger partial charge in [-0.1, -0.05) is 0 Å². The van der Waals surface area contributed by atoms with Crippen molar-refractivity contribution in [2.75, 3.05) is 11.9 Å². The Morgan fingerprint density at radius 2 is 2.00 bits per heavy atom. The highest BCUT2D eigenvalue weighted by molar-refractivity contribution is 5.94.